The van der Waals surface area contributed by atoms with Gasteiger partial charge in [-0.2, -0.15) is 0 Å². The molecule has 0 saturated heterocycles. The van der Waals surface area contributed by atoms with Crippen LogP contribution in [0, 0.1) is 0 Å². The maximum absolute atomic E-state index is 11.4. The van der Waals surface area contributed by atoms with Gasteiger partial charge in [-0.25, -0.2) is 9.59 Å². The molecule has 0 saturated carbocycles. The summed E-state index contributed by atoms with van der Waals surface area (Å²) >= 11 is 0. The number of rotatable bonds is 6. The molecule has 0 heterocycles. The number of hydrogen-bond acceptors (Lipinski definition) is 2. The van der Waals surface area contributed by atoms with E-state index in [4.69, 9.17) is 5.11 Å². The lowest BCUT2D eigenvalue weighted by Crippen LogP contribution is -2.35. The number of carbonyl (C=O) groups excluding carboxylic acids is 1. The number of unbranched alkanes of at least 4 members (excludes halogenated alkanes) is 1. The SMILES string of the molecule is CCCCNC(=O)NCc1ccc(C(=O)O)cc1. The van der Waals surface area contributed by atoms with Crippen molar-refractivity contribution in [2.45, 2.75) is 26.3 Å². The first-order valence-electron chi connectivity index (χ1n) is 5.97. The van der Waals surface area contributed by atoms with E-state index < -0.39 is 5.97 Å². The van der Waals surface area contributed by atoms with Crippen molar-refractivity contribution >= 4 is 12.0 Å². The van der Waals surface area contributed by atoms with E-state index in [2.05, 4.69) is 17.6 Å². The van der Waals surface area contributed by atoms with Crippen LogP contribution in [0.5, 0.6) is 0 Å². The molecule has 0 aliphatic rings. The minimum absolute atomic E-state index is 0.203. The van der Waals surface area contributed by atoms with E-state index in [1.165, 1.54) is 12.1 Å². The summed E-state index contributed by atoms with van der Waals surface area (Å²) in [7, 11) is 0. The van der Waals surface area contributed by atoms with Crippen molar-refractivity contribution < 1.29 is 14.7 Å². The summed E-state index contributed by atoms with van der Waals surface area (Å²) < 4.78 is 0. The summed E-state index contributed by atoms with van der Waals surface area (Å²) in [6.07, 6.45) is 2.00. The highest BCUT2D eigenvalue weighted by atomic mass is 16.4. The molecule has 0 radical (unpaired) electrons. The number of nitrogens with one attached hydrogen (secondary N) is 2. The van der Waals surface area contributed by atoms with E-state index in [1.807, 2.05) is 0 Å². The number of carbonyl (C=O) groups is 2. The number of benzene rings is 1. The molecule has 0 spiro atoms. The molecule has 0 atom stereocenters. The Labute approximate surface area is 106 Å². The molecule has 0 unspecified atom stereocenters. The summed E-state index contributed by atoms with van der Waals surface area (Å²) in [5.74, 6) is -0.952. The normalized spacial score (nSPS) is 9.83. The van der Waals surface area contributed by atoms with E-state index in [0.717, 1.165) is 18.4 Å². The zero-order chi connectivity index (χ0) is 13.4. The quantitative estimate of drug-likeness (QED) is 0.675. The number of hydrogen-bond donors (Lipinski definition) is 3. The van der Waals surface area contributed by atoms with Gasteiger partial charge < -0.3 is 15.7 Å². The van der Waals surface area contributed by atoms with Crippen LogP contribution in [0.15, 0.2) is 24.3 Å². The molecule has 1 aromatic rings. The lowest BCUT2D eigenvalue weighted by molar-refractivity contribution is 0.0697. The minimum Gasteiger partial charge on any atom is -0.478 e. The van der Waals surface area contributed by atoms with Crippen LogP contribution in [0.1, 0.15) is 35.7 Å². The van der Waals surface area contributed by atoms with E-state index in [0.29, 0.717) is 13.1 Å². The molecule has 5 nitrogen and oxygen atoms in total. The van der Waals surface area contributed by atoms with Gasteiger partial charge in [0.2, 0.25) is 0 Å². The third-order valence-electron chi connectivity index (χ3n) is 2.47. The van der Waals surface area contributed by atoms with E-state index >= 15 is 0 Å². The molecule has 0 fully saturated rings. The van der Waals surface area contributed by atoms with Gasteiger partial charge in [-0.3, -0.25) is 0 Å². The van der Waals surface area contributed by atoms with E-state index in [1.54, 1.807) is 12.1 Å². The fourth-order valence-electron chi connectivity index (χ4n) is 1.39. The molecule has 0 bridgehead atoms. The number of aromatic carboxylic acids is 1. The van der Waals surface area contributed by atoms with Crippen molar-refractivity contribution in [3.05, 3.63) is 35.4 Å². The molecule has 3 N–H and O–H groups in total. The van der Waals surface area contributed by atoms with Crippen LogP contribution in [-0.2, 0) is 6.54 Å². The fourth-order valence-corrected chi connectivity index (χ4v) is 1.39. The fraction of sp³-hybridized carbons (Fsp3) is 0.385. The predicted molar refractivity (Wildman–Crippen MR) is 68.5 cm³/mol. The molecule has 5 heteroatoms. The van der Waals surface area contributed by atoms with Crippen molar-refractivity contribution in [3.63, 3.8) is 0 Å². The Kier molecular flexibility index (Phi) is 5.70. The average Bonchev–Trinajstić information content (AvgIpc) is 2.37. The van der Waals surface area contributed by atoms with Crippen LogP contribution in [0.2, 0.25) is 0 Å². The van der Waals surface area contributed by atoms with Gasteiger partial charge in [-0.05, 0) is 24.1 Å². The lowest BCUT2D eigenvalue weighted by atomic mass is 10.1. The topological polar surface area (TPSA) is 78.4 Å². The first kappa shape index (κ1) is 14.0. The van der Waals surface area contributed by atoms with Gasteiger partial charge >= 0.3 is 12.0 Å². The maximum atomic E-state index is 11.4. The van der Waals surface area contributed by atoms with Crippen LogP contribution in [-0.4, -0.2) is 23.7 Å². The third-order valence-corrected chi connectivity index (χ3v) is 2.47. The second-order valence-corrected chi connectivity index (χ2v) is 3.97. The Morgan fingerprint density at radius 2 is 1.83 bits per heavy atom. The van der Waals surface area contributed by atoms with Crippen molar-refractivity contribution in [2.24, 2.45) is 0 Å². The average molecular weight is 250 g/mol. The van der Waals surface area contributed by atoms with Crippen molar-refractivity contribution in [3.8, 4) is 0 Å². The highest BCUT2D eigenvalue weighted by Crippen LogP contribution is 2.03. The molecule has 0 aliphatic heterocycles. The first-order valence-corrected chi connectivity index (χ1v) is 5.97. The standard InChI is InChI=1S/C13H18N2O3/c1-2-3-8-14-13(18)15-9-10-4-6-11(7-5-10)12(16)17/h4-7H,2-3,8-9H2,1H3,(H,16,17)(H2,14,15,18). The van der Waals surface area contributed by atoms with Gasteiger partial charge in [0.15, 0.2) is 0 Å². The van der Waals surface area contributed by atoms with Crippen molar-refractivity contribution in [1.29, 1.82) is 0 Å². The van der Waals surface area contributed by atoms with E-state index in [-0.39, 0.29) is 11.6 Å². The van der Waals surface area contributed by atoms with Gasteiger partial charge in [-0.1, -0.05) is 25.5 Å². The van der Waals surface area contributed by atoms with Gasteiger partial charge in [0.05, 0.1) is 5.56 Å². The molecule has 18 heavy (non-hydrogen) atoms. The van der Waals surface area contributed by atoms with Crippen LogP contribution in [0.4, 0.5) is 4.79 Å². The zero-order valence-corrected chi connectivity index (χ0v) is 10.4. The van der Waals surface area contributed by atoms with Gasteiger partial charge in [0.25, 0.3) is 0 Å². The van der Waals surface area contributed by atoms with Crippen LogP contribution in [0.25, 0.3) is 0 Å². The van der Waals surface area contributed by atoms with Crippen LogP contribution < -0.4 is 10.6 Å². The van der Waals surface area contributed by atoms with Crippen molar-refractivity contribution in [1.82, 2.24) is 10.6 Å². The number of amides is 2. The molecule has 0 aliphatic carbocycles. The predicted octanol–water partition coefficient (Wildman–Crippen LogP) is 1.98. The summed E-state index contributed by atoms with van der Waals surface area (Å²) in [6, 6.07) is 6.22. The molecule has 2 amide bonds. The molecule has 1 aromatic carbocycles. The summed E-state index contributed by atoms with van der Waals surface area (Å²) in [5, 5.41) is 14.2. The minimum atomic E-state index is -0.952. The third kappa shape index (κ3) is 4.86. The highest BCUT2D eigenvalue weighted by molar-refractivity contribution is 5.87. The Hall–Kier alpha value is -2.04. The van der Waals surface area contributed by atoms with Crippen molar-refractivity contribution in [2.75, 3.05) is 6.54 Å². The highest BCUT2D eigenvalue weighted by Gasteiger charge is 2.03. The molecule has 98 valence electrons. The van der Waals surface area contributed by atoms with Gasteiger partial charge in [0.1, 0.15) is 0 Å². The Balaban J connectivity index is 2.34. The van der Waals surface area contributed by atoms with Crippen LogP contribution >= 0.6 is 0 Å². The summed E-state index contributed by atoms with van der Waals surface area (Å²) in [6.45, 7) is 3.11. The number of urea groups is 1. The smallest absolute Gasteiger partial charge is 0.335 e. The molecule has 1 rings (SSSR count). The first-order chi connectivity index (χ1) is 8.63. The van der Waals surface area contributed by atoms with Crippen LogP contribution in [0.3, 0.4) is 0 Å². The van der Waals surface area contributed by atoms with Gasteiger partial charge in [-0.15, -0.1) is 0 Å². The number of carboxylic acid groups (broad SMARTS) is 1. The monoisotopic (exact) mass is 250 g/mol. The lowest BCUT2D eigenvalue weighted by Gasteiger charge is -2.07. The molecular formula is C13H18N2O3. The second-order valence-electron chi connectivity index (χ2n) is 3.97. The molecular weight excluding hydrogens is 232 g/mol. The Bertz CT molecular complexity index is 401. The second kappa shape index (κ2) is 7.32. The Morgan fingerprint density at radius 1 is 1.17 bits per heavy atom. The largest absolute Gasteiger partial charge is 0.478 e. The summed E-state index contributed by atoms with van der Waals surface area (Å²) in [5.41, 5.74) is 1.11. The molecule has 0 aromatic heterocycles. The summed E-state index contributed by atoms with van der Waals surface area (Å²) in [4.78, 5) is 22.0. The maximum Gasteiger partial charge on any atom is 0.335 e. The Morgan fingerprint density at radius 3 is 2.39 bits per heavy atom. The number of carboxylic acids is 1. The van der Waals surface area contributed by atoms with E-state index in [9.17, 15) is 9.59 Å². The zero-order valence-electron chi connectivity index (χ0n) is 10.4. The van der Waals surface area contributed by atoms with Gasteiger partial charge in [0, 0.05) is 13.1 Å².